The number of nitrogens with zero attached hydrogens (tertiary/aromatic N) is 1. The van der Waals surface area contributed by atoms with Gasteiger partial charge in [-0.05, 0) is 31.5 Å². The molecule has 96 valence electrons. The van der Waals surface area contributed by atoms with Crippen LogP contribution < -0.4 is 5.32 Å². The van der Waals surface area contributed by atoms with Crippen LogP contribution in [-0.2, 0) is 9.84 Å². The van der Waals surface area contributed by atoms with Crippen molar-refractivity contribution in [3.8, 4) is 0 Å². The van der Waals surface area contributed by atoms with Gasteiger partial charge < -0.3 is 5.32 Å². The minimum absolute atomic E-state index is 0.0430. The Bertz CT molecular complexity index is 691. The maximum absolute atomic E-state index is 11.4. The first-order valence-corrected chi connectivity index (χ1v) is 8.50. The number of fused-ring (bicyclic) bond motifs is 1. The van der Waals surface area contributed by atoms with Gasteiger partial charge in [-0.2, -0.15) is 0 Å². The van der Waals surface area contributed by atoms with E-state index in [2.05, 4.69) is 10.3 Å². The van der Waals surface area contributed by atoms with E-state index in [1.165, 1.54) is 0 Å². The molecule has 3 rings (SSSR count). The number of anilines is 1. The first-order valence-electron chi connectivity index (χ1n) is 5.86. The van der Waals surface area contributed by atoms with Gasteiger partial charge in [-0.3, -0.25) is 0 Å². The Labute approximate surface area is 110 Å². The summed E-state index contributed by atoms with van der Waals surface area (Å²) in [7, 11) is -2.83. The highest BCUT2D eigenvalue weighted by atomic mass is 32.2. The number of rotatable bonds is 2. The van der Waals surface area contributed by atoms with Crippen molar-refractivity contribution in [1.29, 1.82) is 0 Å². The maximum atomic E-state index is 11.4. The Morgan fingerprint density at radius 2 is 2.28 bits per heavy atom. The highest BCUT2D eigenvalue weighted by molar-refractivity contribution is 7.91. The molecule has 1 aromatic carbocycles. The predicted molar refractivity (Wildman–Crippen MR) is 75.0 cm³/mol. The SMILES string of the molecule is Cc1nc2ccc(NC3CCS(=O)(=O)C3)cc2s1. The number of nitrogens with one attached hydrogen (secondary N) is 1. The zero-order valence-corrected chi connectivity index (χ0v) is 11.6. The fourth-order valence-corrected chi connectivity index (χ4v) is 4.81. The number of thiazole rings is 1. The molecule has 0 radical (unpaired) electrons. The van der Waals surface area contributed by atoms with Gasteiger partial charge in [-0.25, -0.2) is 13.4 Å². The zero-order chi connectivity index (χ0) is 12.8. The summed E-state index contributed by atoms with van der Waals surface area (Å²) in [4.78, 5) is 4.40. The zero-order valence-electron chi connectivity index (χ0n) is 10.0. The van der Waals surface area contributed by atoms with Gasteiger partial charge in [-0.15, -0.1) is 11.3 Å². The van der Waals surface area contributed by atoms with Crippen LogP contribution in [0, 0.1) is 6.92 Å². The van der Waals surface area contributed by atoms with Gasteiger partial charge in [0, 0.05) is 11.7 Å². The van der Waals surface area contributed by atoms with E-state index in [1.54, 1.807) is 11.3 Å². The number of hydrogen-bond donors (Lipinski definition) is 1. The monoisotopic (exact) mass is 282 g/mol. The van der Waals surface area contributed by atoms with E-state index in [1.807, 2.05) is 25.1 Å². The fraction of sp³-hybridized carbons (Fsp3) is 0.417. The molecule has 1 aliphatic rings. The van der Waals surface area contributed by atoms with E-state index >= 15 is 0 Å². The molecule has 0 bridgehead atoms. The van der Waals surface area contributed by atoms with Gasteiger partial charge in [0.15, 0.2) is 9.84 Å². The molecule has 1 N–H and O–H groups in total. The van der Waals surface area contributed by atoms with Crippen LogP contribution >= 0.6 is 11.3 Å². The second kappa shape index (κ2) is 4.20. The molecule has 2 aromatic rings. The lowest BCUT2D eigenvalue weighted by molar-refractivity contribution is 0.602. The summed E-state index contributed by atoms with van der Waals surface area (Å²) >= 11 is 1.65. The van der Waals surface area contributed by atoms with Crippen LogP contribution in [0.4, 0.5) is 5.69 Å². The van der Waals surface area contributed by atoms with E-state index in [0.717, 1.165) is 20.9 Å². The van der Waals surface area contributed by atoms with E-state index in [-0.39, 0.29) is 11.8 Å². The Hall–Kier alpha value is -1.14. The number of sulfone groups is 1. The van der Waals surface area contributed by atoms with Crippen molar-refractivity contribution in [2.24, 2.45) is 0 Å². The molecule has 1 saturated heterocycles. The standard InChI is InChI=1S/C12H14N2O2S2/c1-8-13-11-3-2-9(6-12(11)17-8)14-10-4-5-18(15,16)7-10/h2-3,6,10,14H,4-5,7H2,1H3. The van der Waals surface area contributed by atoms with E-state index < -0.39 is 9.84 Å². The Morgan fingerprint density at radius 1 is 1.44 bits per heavy atom. The highest BCUT2D eigenvalue weighted by Gasteiger charge is 2.27. The van der Waals surface area contributed by atoms with Gasteiger partial charge in [-0.1, -0.05) is 0 Å². The van der Waals surface area contributed by atoms with Crippen LogP contribution in [0.1, 0.15) is 11.4 Å². The first kappa shape index (κ1) is 11.9. The van der Waals surface area contributed by atoms with Crippen molar-refractivity contribution in [3.63, 3.8) is 0 Å². The molecule has 1 aliphatic heterocycles. The smallest absolute Gasteiger partial charge is 0.152 e. The Balaban J connectivity index is 1.82. The summed E-state index contributed by atoms with van der Waals surface area (Å²) in [6.07, 6.45) is 0.697. The molecular formula is C12H14N2O2S2. The molecule has 18 heavy (non-hydrogen) atoms. The van der Waals surface area contributed by atoms with Gasteiger partial charge in [0.25, 0.3) is 0 Å². The molecule has 0 spiro atoms. The number of aryl methyl sites for hydroxylation is 1. The molecule has 1 unspecified atom stereocenters. The molecule has 1 atom stereocenters. The number of aromatic nitrogens is 1. The van der Waals surface area contributed by atoms with Gasteiger partial charge in [0.1, 0.15) is 0 Å². The minimum atomic E-state index is -2.83. The highest BCUT2D eigenvalue weighted by Crippen LogP contribution is 2.26. The average Bonchev–Trinajstić information content (AvgIpc) is 2.80. The number of hydrogen-bond acceptors (Lipinski definition) is 5. The maximum Gasteiger partial charge on any atom is 0.152 e. The lowest BCUT2D eigenvalue weighted by Gasteiger charge is -2.11. The molecule has 0 saturated carbocycles. The Morgan fingerprint density at radius 3 is 3.00 bits per heavy atom. The summed E-state index contributed by atoms with van der Waals surface area (Å²) in [6.45, 7) is 1.99. The van der Waals surface area contributed by atoms with Crippen LogP contribution in [0.15, 0.2) is 18.2 Å². The second-order valence-corrected chi connectivity index (χ2v) is 8.12. The molecule has 0 amide bonds. The third-order valence-electron chi connectivity index (χ3n) is 3.10. The number of benzene rings is 1. The molecule has 0 aliphatic carbocycles. The van der Waals surface area contributed by atoms with E-state index in [9.17, 15) is 8.42 Å². The van der Waals surface area contributed by atoms with Crippen molar-refractivity contribution in [2.75, 3.05) is 16.8 Å². The quantitative estimate of drug-likeness (QED) is 0.917. The van der Waals surface area contributed by atoms with Crippen LogP contribution in [0.2, 0.25) is 0 Å². The topological polar surface area (TPSA) is 59.1 Å². The van der Waals surface area contributed by atoms with Crippen molar-refractivity contribution >= 4 is 37.1 Å². The minimum Gasteiger partial charge on any atom is -0.381 e. The molecule has 1 aromatic heterocycles. The molecule has 6 heteroatoms. The summed E-state index contributed by atoms with van der Waals surface area (Å²) in [5.41, 5.74) is 1.98. The molecule has 1 fully saturated rings. The molecular weight excluding hydrogens is 268 g/mol. The largest absolute Gasteiger partial charge is 0.381 e. The summed E-state index contributed by atoms with van der Waals surface area (Å²) in [5.74, 6) is 0.541. The molecule has 4 nitrogen and oxygen atoms in total. The van der Waals surface area contributed by atoms with Gasteiger partial charge >= 0.3 is 0 Å². The van der Waals surface area contributed by atoms with Gasteiger partial charge in [0.2, 0.25) is 0 Å². The van der Waals surface area contributed by atoms with Crippen LogP contribution in [0.5, 0.6) is 0 Å². The lowest BCUT2D eigenvalue weighted by Crippen LogP contribution is -2.20. The van der Waals surface area contributed by atoms with Crippen LogP contribution in [0.3, 0.4) is 0 Å². The van der Waals surface area contributed by atoms with Crippen molar-refractivity contribution < 1.29 is 8.42 Å². The third kappa shape index (κ3) is 2.35. The van der Waals surface area contributed by atoms with Crippen LogP contribution in [-0.4, -0.2) is 30.9 Å². The van der Waals surface area contributed by atoms with Crippen LogP contribution in [0.25, 0.3) is 10.2 Å². The van der Waals surface area contributed by atoms with Crippen molar-refractivity contribution in [2.45, 2.75) is 19.4 Å². The Kier molecular flexibility index (Phi) is 2.79. The lowest BCUT2D eigenvalue weighted by atomic mass is 10.2. The van der Waals surface area contributed by atoms with E-state index in [4.69, 9.17) is 0 Å². The molecule has 2 heterocycles. The first-order chi connectivity index (χ1) is 8.52. The summed E-state index contributed by atoms with van der Waals surface area (Å²) in [5, 5.41) is 4.34. The fourth-order valence-electron chi connectivity index (χ4n) is 2.27. The summed E-state index contributed by atoms with van der Waals surface area (Å²) in [6, 6.07) is 6.03. The predicted octanol–water partition coefficient (Wildman–Crippen LogP) is 2.20. The summed E-state index contributed by atoms with van der Waals surface area (Å²) < 4.78 is 23.9. The normalized spacial score (nSPS) is 22.4. The van der Waals surface area contributed by atoms with Gasteiger partial charge in [0.05, 0.1) is 26.7 Å². The van der Waals surface area contributed by atoms with Crippen molar-refractivity contribution in [1.82, 2.24) is 4.98 Å². The van der Waals surface area contributed by atoms with Crippen molar-refractivity contribution in [3.05, 3.63) is 23.2 Å². The van der Waals surface area contributed by atoms with E-state index in [0.29, 0.717) is 12.2 Å². The average molecular weight is 282 g/mol. The second-order valence-electron chi connectivity index (χ2n) is 4.66. The third-order valence-corrected chi connectivity index (χ3v) is 5.80.